The fraction of sp³-hybridized carbons (Fsp3) is 1.00. The molecule has 0 spiro atoms. The molecule has 1 fully saturated rings. The predicted molar refractivity (Wildman–Crippen MR) is 60.5 cm³/mol. The van der Waals surface area contributed by atoms with Crippen LogP contribution in [0.5, 0.6) is 0 Å². The van der Waals surface area contributed by atoms with E-state index in [2.05, 4.69) is 25.7 Å². The van der Waals surface area contributed by atoms with Gasteiger partial charge in [-0.15, -0.1) is 0 Å². The lowest BCUT2D eigenvalue weighted by molar-refractivity contribution is 0.0564. The molecule has 14 heavy (non-hydrogen) atoms. The second kappa shape index (κ2) is 6.41. The molecular formula is C12H25NO. The van der Waals surface area contributed by atoms with Gasteiger partial charge in [0.1, 0.15) is 0 Å². The molecule has 0 unspecified atom stereocenters. The van der Waals surface area contributed by atoms with Gasteiger partial charge in [0.25, 0.3) is 0 Å². The fourth-order valence-corrected chi connectivity index (χ4v) is 2.01. The second-order valence-electron chi connectivity index (χ2n) is 4.79. The largest absolute Gasteiger partial charge is 0.377 e. The highest BCUT2D eigenvalue weighted by molar-refractivity contribution is 4.76. The van der Waals surface area contributed by atoms with Crippen LogP contribution in [-0.2, 0) is 4.74 Å². The highest BCUT2D eigenvalue weighted by atomic mass is 16.5. The normalized spacial score (nSPS) is 23.6. The second-order valence-corrected chi connectivity index (χ2v) is 4.79. The summed E-state index contributed by atoms with van der Waals surface area (Å²) in [6.07, 6.45) is 4.19. The van der Waals surface area contributed by atoms with Gasteiger partial charge in [0, 0.05) is 26.2 Å². The van der Waals surface area contributed by atoms with Crippen molar-refractivity contribution in [1.82, 2.24) is 4.90 Å². The van der Waals surface area contributed by atoms with Gasteiger partial charge < -0.3 is 9.64 Å². The molecule has 2 nitrogen and oxygen atoms in total. The van der Waals surface area contributed by atoms with Gasteiger partial charge in [-0.3, -0.25) is 0 Å². The van der Waals surface area contributed by atoms with Crippen LogP contribution in [0.3, 0.4) is 0 Å². The first-order valence-electron chi connectivity index (χ1n) is 6.06. The zero-order valence-electron chi connectivity index (χ0n) is 9.96. The standard InChI is InChI=1S/C12H25NO/c1-4-5-8-14-12-6-7-13(10-12)9-11(2)3/h11-12H,4-10H2,1-3H3/t12-/m0/s1. The van der Waals surface area contributed by atoms with E-state index in [4.69, 9.17) is 4.74 Å². The molecule has 1 aliphatic heterocycles. The summed E-state index contributed by atoms with van der Waals surface area (Å²) in [6.45, 7) is 11.3. The van der Waals surface area contributed by atoms with Crippen LogP contribution in [0, 0.1) is 5.92 Å². The molecule has 2 heteroatoms. The zero-order chi connectivity index (χ0) is 10.4. The minimum atomic E-state index is 0.514. The molecule has 0 amide bonds. The summed E-state index contributed by atoms with van der Waals surface area (Å²) in [5.74, 6) is 0.782. The van der Waals surface area contributed by atoms with Crippen LogP contribution < -0.4 is 0 Å². The smallest absolute Gasteiger partial charge is 0.0714 e. The van der Waals surface area contributed by atoms with Crippen molar-refractivity contribution < 1.29 is 4.74 Å². The van der Waals surface area contributed by atoms with Crippen molar-refractivity contribution in [2.45, 2.75) is 46.1 Å². The van der Waals surface area contributed by atoms with Crippen molar-refractivity contribution in [3.63, 3.8) is 0 Å². The average Bonchev–Trinajstić information content (AvgIpc) is 2.52. The van der Waals surface area contributed by atoms with Crippen LogP contribution in [0.2, 0.25) is 0 Å². The van der Waals surface area contributed by atoms with Crippen LogP contribution in [0.1, 0.15) is 40.0 Å². The molecule has 0 aromatic carbocycles. The Morgan fingerprint density at radius 3 is 2.86 bits per heavy atom. The summed E-state index contributed by atoms with van der Waals surface area (Å²) < 4.78 is 5.81. The van der Waals surface area contributed by atoms with E-state index >= 15 is 0 Å². The molecule has 1 saturated heterocycles. The number of unbranched alkanes of at least 4 members (excludes halogenated alkanes) is 1. The van der Waals surface area contributed by atoms with E-state index in [1.54, 1.807) is 0 Å². The lowest BCUT2D eigenvalue weighted by Crippen LogP contribution is -2.27. The number of hydrogen-bond donors (Lipinski definition) is 0. The zero-order valence-corrected chi connectivity index (χ0v) is 9.96. The summed E-state index contributed by atoms with van der Waals surface area (Å²) in [5, 5.41) is 0. The van der Waals surface area contributed by atoms with Crippen LogP contribution in [0.25, 0.3) is 0 Å². The first kappa shape index (κ1) is 12.0. The maximum atomic E-state index is 5.81. The van der Waals surface area contributed by atoms with Crippen LogP contribution >= 0.6 is 0 Å². The van der Waals surface area contributed by atoms with Crippen LogP contribution in [-0.4, -0.2) is 37.2 Å². The van der Waals surface area contributed by atoms with Gasteiger partial charge >= 0.3 is 0 Å². The highest BCUT2D eigenvalue weighted by Crippen LogP contribution is 2.14. The van der Waals surface area contributed by atoms with Gasteiger partial charge in [0.2, 0.25) is 0 Å². The average molecular weight is 199 g/mol. The van der Waals surface area contributed by atoms with E-state index in [0.717, 1.165) is 19.1 Å². The number of hydrogen-bond acceptors (Lipinski definition) is 2. The first-order chi connectivity index (χ1) is 6.72. The van der Waals surface area contributed by atoms with Gasteiger partial charge in [0.15, 0.2) is 0 Å². The number of nitrogens with zero attached hydrogens (tertiary/aromatic N) is 1. The number of ether oxygens (including phenoxy) is 1. The van der Waals surface area contributed by atoms with E-state index < -0.39 is 0 Å². The van der Waals surface area contributed by atoms with Crippen molar-refractivity contribution in [3.8, 4) is 0 Å². The van der Waals surface area contributed by atoms with Crippen molar-refractivity contribution in [2.75, 3.05) is 26.2 Å². The Morgan fingerprint density at radius 1 is 1.43 bits per heavy atom. The molecule has 1 aliphatic rings. The Labute approximate surface area is 88.6 Å². The van der Waals surface area contributed by atoms with Gasteiger partial charge in [-0.1, -0.05) is 27.2 Å². The summed E-state index contributed by atoms with van der Waals surface area (Å²) in [5.41, 5.74) is 0. The minimum absolute atomic E-state index is 0.514. The fourth-order valence-electron chi connectivity index (χ4n) is 2.01. The molecule has 0 radical (unpaired) electrons. The van der Waals surface area contributed by atoms with Crippen molar-refractivity contribution in [3.05, 3.63) is 0 Å². The third kappa shape index (κ3) is 4.43. The molecule has 0 aromatic rings. The minimum Gasteiger partial charge on any atom is -0.377 e. The maximum Gasteiger partial charge on any atom is 0.0714 e. The lowest BCUT2D eigenvalue weighted by Gasteiger charge is -2.18. The molecule has 0 aliphatic carbocycles. The highest BCUT2D eigenvalue weighted by Gasteiger charge is 2.22. The molecule has 1 atom stereocenters. The monoisotopic (exact) mass is 199 g/mol. The number of likely N-dealkylation sites (tertiary alicyclic amines) is 1. The van der Waals surface area contributed by atoms with E-state index in [0.29, 0.717) is 6.10 Å². The van der Waals surface area contributed by atoms with Gasteiger partial charge in [0.05, 0.1) is 6.10 Å². The predicted octanol–water partition coefficient (Wildman–Crippen LogP) is 2.53. The maximum absolute atomic E-state index is 5.81. The Balaban J connectivity index is 2.08. The van der Waals surface area contributed by atoms with Crippen molar-refractivity contribution in [2.24, 2.45) is 5.92 Å². The molecule has 0 N–H and O–H groups in total. The van der Waals surface area contributed by atoms with E-state index in [1.807, 2.05) is 0 Å². The molecule has 84 valence electrons. The van der Waals surface area contributed by atoms with Crippen molar-refractivity contribution in [1.29, 1.82) is 0 Å². The van der Waals surface area contributed by atoms with Crippen molar-refractivity contribution >= 4 is 0 Å². The topological polar surface area (TPSA) is 12.5 Å². The van der Waals surface area contributed by atoms with Crippen LogP contribution in [0.15, 0.2) is 0 Å². The van der Waals surface area contributed by atoms with Gasteiger partial charge in [-0.2, -0.15) is 0 Å². The Morgan fingerprint density at radius 2 is 2.21 bits per heavy atom. The first-order valence-corrected chi connectivity index (χ1v) is 6.06. The molecule has 1 rings (SSSR count). The Hall–Kier alpha value is -0.0800. The number of rotatable bonds is 6. The van der Waals surface area contributed by atoms with Gasteiger partial charge in [-0.05, 0) is 18.8 Å². The molecule has 0 saturated carbocycles. The molecule has 0 aromatic heterocycles. The summed E-state index contributed by atoms with van der Waals surface area (Å²) in [4.78, 5) is 2.53. The van der Waals surface area contributed by atoms with Crippen LogP contribution in [0.4, 0.5) is 0 Å². The Kier molecular flexibility index (Phi) is 5.49. The SMILES string of the molecule is CCCCO[C@H]1CCN(CC(C)C)C1. The molecule has 0 bridgehead atoms. The third-order valence-corrected chi connectivity index (χ3v) is 2.70. The quantitative estimate of drug-likeness (QED) is 0.610. The third-order valence-electron chi connectivity index (χ3n) is 2.70. The van der Waals surface area contributed by atoms with E-state index in [1.165, 1.54) is 32.4 Å². The lowest BCUT2D eigenvalue weighted by atomic mass is 10.2. The van der Waals surface area contributed by atoms with Gasteiger partial charge in [-0.25, -0.2) is 0 Å². The Bertz CT molecular complexity index is 147. The molecule has 1 heterocycles. The van der Waals surface area contributed by atoms with E-state index in [-0.39, 0.29) is 0 Å². The van der Waals surface area contributed by atoms with E-state index in [9.17, 15) is 0 Å². The molecular weight excluding hydrogens is 174 g/mol. The summed E-state index contributed by atoms with van der Waals surface area (Å²) in [7, 11) is 0. The summed E-state index contributed by atoms with van der Waals surface area (Å²) >= 11 is 0. The summed E-state index contributed by atoms with van der Waals surface area (Å²) in [6, 6.07) is 0.